The summed E-state index contributed by atoms with van der Waals surface area (Å²) >= 11 is 0. The highest BCUT2D eigenvalue weighted by molar-refractivity contribution is 7.92. The van der Waals surface area contributed by atoms with Crippen molar-refractivity contribution in [2.45, 2.75) is 38.1 Å². The van der Waals surface area contributed by atoms with Crippen LogP contribution in [-0.2, 0) is 21.1 Å². The number of carbonyl (C=O) groups excluding carboxylic acids is 1. The van der Waals surface area contributed by atoms with E-state index >= 15 is 0 Å². The van der Waals surface area contributed by atoms with Crippen molar-refractivity contribution in [2.75, 3.05) is 18.1 Å². The van der Waals surface area contributed by atoms with Gasteiger partial charge in [0.1, 0.15) is 5.75 Å². The number of sulfone groups is 1. The molecule has 1 aromatic carbocycles. The third kappa shape index (κ3) is 6.79. The van der Waals surface area contributed by atoms with Gasteiger partial charge in [-0.05, 0) is 43.7 Å². The number of benzene rings is 1. The van der Waals surface area contributed by atoms with Crippen LogP contribution >= 0.6 is 12.4 Å². The molecule has 0 heterocycles. The maximum atomic E-state index is 12.1. The van der Waals surface area contributed by atoms with Crippen LogP contribution in [0.5, 0.6) is 0 Å². The summed E-state index contributed by atoms with van der Waals surface area (Å²) in [5.74, 6) is -0.495. The van der Waals surface area contributed by atoms with Crippen LogP contribution in [0.3, 0.4) is 0 Å². The van der Waals surface area contributed by atoms with E-state index in [1.165, 1.54) is 0 Å². The molecule has 1 aliphatic carbocycles. The molecule has 3 N–H and O–H groups in total. The van der Waals surface area contributed by atoms with Gasteiger partial charge in [0.2, 0.25) is 5.91 Å². The van der Waals surface area contributed by atoms with Crippen molar-refractivity contribution in [3.8, 4) is 0 Å². The second-order valence-electron chi connectivity index (χ2n) is 6.28. The quantitative estimate of drug-likeness (QED) is 0.724. The van der Waals surface area contributed by atoms with Gasteiger partial charge in [0.25, 0.3) is 0 Å². The van der Waals surface area contributed by atoms with Crippen LogP contribution in [0.4, 0.5) is 0 Å². The van der Waals surface area contributed by atoms with Crippen molar-refractivity contribution in [3.63, 3.8) is 0 Å². The number of carbonyl (C=O) groups is 1. The molecule has 7 heteroatoms. The van der Waals surface area contributed by atoms with Gasteiger partial charge in [-0.2, -0.15) is 0 Å². The Morgan fingerprint density at radius 3 is 2.58 bits per heavy atom. The highest BCUT2D eigenvalue weighted by Crippen LogP contribution is 2.24. The van der Waals surface area contributed by atoms with Gasteiger partial charge in [0, 0.05) is 6.04 Å². The molecule has 1 aromatic rings. The van der Waals surface area contributed by atoms with E-state index < -0.39 is 21.5 Å². The minimum atomic E-state index is -3.36. The Hall–Kier alpha value is -1.11. The summed E-state index contributed by atoms with van der Waals surface area (Å²) in [6.45, 7) is 0.536. The minimum absolute atomic E-state index is 0. The molecule has 2 rings (SSSR count). The highest BCUT2D eigenvalue weighted by atomic mass is 35.5. The fourth-order valence-corrected chi connectivity index (χ4v) is 4.38. The maximum Gasteiger partial charge on any atom is 0.235 e. The lowest BCUT2D eigenvalue weighted by Gasteiger charge is -2.19. The third-order valence-corrected chi connectivity index (χ3v) is 6.04. The van der Waals surface area contributed by atoms with Gasteiger partial charge in [-0.3, -0.25) is 4.79 Å². The van der Waals surface area contributed by atoms with Crippen LogP contribution in [0.2, 0.25) is 0 Å². The lowest BCUT2D eigenvalue weighted by molar-refractivity contribution is -0.119. The molecule has 2 atom stereocenters. The first-order valence-electron chi connectivity index (χ1n) is 8.24. The van der Waals surface area contributed by atoms with Crippen LogP contribution in [0.25, 0.3) is 0 Å². The summed E-state index contributed by atoms with van der Waals surface area (Å²) in [4.78, 5) is 12.0. The van der Waals surface area contributed by atoms with E-state index in [1.54, 1.807) is 0 Å². The molecular formula is C17H27ClN2O3S. The first-order chi connectivity index (χ1) is 11.0. The SMILES string of the molecule is Cl.NCC1CCCC1NC(=O)CS(=O)(=O)CCCc1ccccc1. The van der Waals surface area contributed by atoms with Crippen molar-refractivity contribution >= 4 is 28.2 Å². The second kappa shape index (κ2) is 10.0. The van der Waals surface area contributed by atoms with Crippen LogP contribution in [0.15, 0.2) is 30.3 Å². The average molecular weight is 375 g/mol. The van der Waals surface area contributed by atoms with E-state index in [0.29, 0.717) is 19.4 Å². The molecular weight excluding hydrogens is 348 g/mol. The van der Waals surface area contributed by atoms with Gasteiger partial charge >= 0.3 is 0 Å². The molecule has 1 saturated carbocycles. The topological polar surface area (TPSA) is 89.3 Å². The van der Waals surface area contributed by atoms with Crippen molar-refractivity contribution in [2.24, 2.45) is 11.7 Å². The number of aryl methyl sites for hydroxylation is 1. The zero-order valence-corrected chi connectivity index (χ0v) is 15.4. The van der Waals surface area contributed by atoms with Gasteiger partial charge in [0.05, 0.1) is 5.75 Å². The van der Waals surface area contributed by atoms with Crippen LogP contribution < -0.4 is 11.1 Å². The van der Waals surface area contributed by atoms with Crippen molar-refractivity contribution < 1.29 is 13.2 Å². The summed E-state index contributed by atoms with van der Waals surface area (Å²) in [6.07, 6.45) is 4.18. The summed E-state index contributed by atoms with van der Waals surface area (Å²) in [5.41, 5.74) is 6.79. The zero-order valence-electron chi connectivity index (χ0n) is 13.8. The molecule has 2 unspecified atom stereocenters. The van der Waals surface area contributed by atoms with E-state index in [9.17, 15) is 13.2 Å². The molecule has 1 amide bonds. The first-order valence-corrected chi connectivity index (χ1v) is 10.1. The Morgan fingerprint density at radius 2 is 1.92 bits per heavy atom. The molecule has 0 radical (unpaired) electrons. The van der Waals surface area contributed by atoms with E-state index in [4.69, 9.17) is 5.73 Å². The normalized spacial score (nSPS) is 20.4. The molecule has 24 heavy (non-hydrogen) atoms. The molecule has 5 nitrogen and oxygen atoms in total. The van der Waals surface area contributed by atoms with Gasteiger partial charge in [-0.15, -0.1) is 12.4 Å². The van der Waals surface area contributed by atoms with Crippen molar-refractivity contribution in [1.82, 2.24) is 5.32 Å². The minimum Gasteiger partial charge on any atom is -0.352 e. The molecule has 136 valence electrons. The Balaban J connectivity index is 0.00000288. The molecule has 1 aliphatic rings. The van der Waals surface area contributed by atoms with E-state index in [0.717, 1.165) is 24.8 Å². The van der Waals surface area contributed by atoms with Gasteiger partial charge in [0.15, 0.2) is 9.84 Å². The molecule has 0 spiro atoms. The lowest BCUT2D eigenvalue weighted by Crippen LogP contribution is -2.42. The number of hydrogen-bond acceptors (Lipinski definition) is 4. The number of hydrogen-bond donors (Lipinski definition) is 2. The second-order valence-corrected chi connectivity index (χ2v) is 8.47. The molecule has 1 fully saturated rings. The number of rotatable bonds is 8. The standard InChI is InChI=1S/C17H26N2O3S.ClH/c18-12-15-9-4-10-16(15)19-17(20)13-23(21,22)11-5-8-14-6-2-1-3-7-14;/h1-3,6-7,15-16H,4-5,8-13,18H2,(H,19,20);1H. The molecule has 0 saturated heterocycles. The number of nitrogens with one attached hydrogen (secondary N) is 1. The number of halogens is 1. The van der Waals surface area contributed by atoms with Crippen molar-refractivity contribution in [1.29, 1.82) is 0 Å². The van der Waals surface area contributed by atoms with E-state index in [-0.39, 0.29) is 30.1 Å². The van der Waals surface area contributed by atoms with Crippen molar-refractivity contribution in [3.05, 3.63) is 35.9 Å². The largest absolute Gasteiger partial charge is 0.352 e. The van der Waals surface area contributed by atoms with Gasteiger partial charge in [-0.25, -0.2) is 8.42 Å². The Labute approximate surface area is 150 Å². The van der Waals surface area contributed by atoms with Gasteiger partial charge < -0.3 is 11.1 Å². The zero-order chi connectivity index (χ0) is 16.7. The van der Waals surface area contributed by atoms with Crippen LogP contribution in [0.1, 0.15) is 31.2 Å². The average Bonchev–Trinajstić information content (AvgIpc) is 2.94. The predicted molar refractivity (Wildman–Crippen MR) is 99.0 cm³/mol. The fourth-order valence-electron chi connectivity index (χ4n) is 3.17. The first kappa shape index (κ1) is 20.9. The number of nitrogens with two attached hydrogens (primary N) is 1. The monoisotopic (exact) mass is 374 g/mol. The molecule has 0 bridgehead atoms. The predicted octanol–water partition coefficient (Wildman–Crippen LogP) is 1.70. The lowest BCUT2D eigenvalue weighted by atomic mass is 10.0. The Kier molecular flexibility index (Phi) is 8.73. The Bertz CT molecular complexity index is 608. The number of amides is 1. The summed E-state index contributed by atoms with van der Waals surface area (Å²) in [5, 5.41) is 2.85. The molecule has 0 aliphatic heterocycles. The Morgan fingerprint density at radius 1 is 1.21 bits per heavy atom. The van der Waals surface area contributed by atoms with E-state index in [2.05, 4.69) is 5.32 Å². The van der Waals surface area contributed by atoms with Crippen LogP contribution in [-0.4, -0.2) is 38.4 Å². The van der Waals surface area contributed by atoms with E-state index in [1.807, 2.05) is 30.3 Å². The smallest absolute Gasteiger partial charge is 0.235 e. The van der Waals surface area contributed by atoms with Crippen LogP contribution in [0, 0.1) is 5.92 Å². The summed E-state index contributed by atoms with van der Waals surface area (Å²) < 4.78 is 24.1. The maximum absolute atomic E-state index is 12.1. The summed E-state index contributed by atoms with van der Waals surface area (Å²) in [7, 11) is -3.36. The highest BCUT2D eigenvalue weighted by Gasteiger charge is 2.28. The van der Waals surface area contributed by atoms with Gasteiger partial charge in [-0.1, -0.05) is 36.8 Å². The third-order valence-electron chi connectivity index (χ3n) is 4.42. The summed E-state index contributed by atoms with van der Waals surface area (Å²) in [6, 6.07) is 9.80. The fraction of sp³-hybridized carbons (Fsp3) is 0.588. The molecule has 0 aromatic heterocycles.